The summed E-state index contributed by atoms with van der Waals surface area (Å²) < 4.78 is 10.9. The van der Waals surface area contributed by atoms with E-state index in [0.717, 1.165) is 17.0 Å². The number of hydrogen-bond acceptors (Lipinski definition) is 4. The molecule has 1 aromatic carbocycles. The van der Waals surface area contributed by atoms with Gasteiger partial charge in [0.15, 0.2) is 5.82 Å². The van der Waals surface area contributed by atoms with Gasteiger partial charge >= 0.3 is 0 Å². The highest BCUT2D eigenvalue weighted by atomic mass is 16.5. The van der Waals surface area contributed by atoms with Crippen molar-refractivity contribution in [1.82, 2.24) is 10.2 Å². The molecule has 23 heavy (non-hydrogen) atoms. The van der Waals surface area contributed by atoms with Gasteiger partial charge in [-0.05, 0) is 37.8 Å². The maximum Gasteiger partial charge on any atom is 0.254 e. The van der Waals surface area contributed by atoms with Crippen LogP contribution >= 0.6 is 0 Å². The topological polar surface area (TPSA) is 76.2 Å². The Morgan fingerprint density at radius 2 is 2.22 bits per heavy atom. The number of methoxy groups -OCH3 is 1. The van der Waals surface area contributed by atoms with Crippen LogP contribution in [0.4, 0.5) is 5.82 Å². The fourth-order valence-electron chi connectivity index (χ4n) is 2.26. The molecule has 1 heterocycles. The number of anilines is 1. The van der Waals surface area contributed by atoms with Crippen LogP contribution in [0.1, 0.15) is 19.8 Å². The molecule has 2 N–H and O–H groups in total. The van der Waals surface area contributed by atoms with Gasteiger partial charge in [-0.3, -0.25) is 9.89 Å². The average molecular weight is 315 g/mol. The zero-order valence-corrected chi connectivity index (χ0v) is 13.3. The molecule has 2 aromatic rings. The number of hydrogen-bond donors (Lipinski definition) is 2. The lowest BCUT2D eigenvalue weighted by Crippen LogP contribution is -2.28. The number of benzene rings is 1. The normalized spacial score (nSPS) is 15.2. The standard InChI is InChI=1S/C17H21N3O3/c1-11(23-10-12-7-8-12)17(21)18-16-9-14(19-20-16)13-5-3-4-6-15(13)22-2/h3-6,9,11-12H,7-8,10H2,1-2H3,(H2,18,19,20,21). The molecule has 0 saturated heterocycles. The average Bonchev–Trinajstić information content (AvgIpc) is 3.30. The summed E-state index contributed by atoms with van der Waals surface area (Å²) in [5.41, 5.74) is 1.67. The van der Waals surface area contributed by atoms with Crippen LogP contribution in [0.3, 0.4) is 0 Å². The van der Waals surface area contributed by atoms with Crippen LogP contribution in [0.15, 0.2) is 30.3 Å². The summed E-state index contributed by atoms with van der Waals surface area (Å²) in [5, 5.41) is 9.81. The molecule has 6 heteroatoms. The van der Waals surface area contributed by atoms with E-state index in [2.05, 4.69) is 15.5 Å². The van der Waals surface area contributed by atoms with Crippen molar-refractivity contribution in [1.29, 1.82) is 0 Å². The van der Waals surface area contributed by atoms with Gasteiger partial charge in [0.2, 0.25) is 0 Å². The first-order valence-corrected chi connectivity index (χ1v) is 7.78. The van der Waals surface area contributed by atoms with Crippen LogP contribution in [0.25, 0.3) is 11.3 Å². The van der Waals surface area contributed by atoms with Gasteiger partial charge in [-0.1, -0.05) is 12.1 Å². The van der Waals surface area contributed by atoms with Gasteiger partial charge in [0, 0.05) is 11.6 Å². The molecule has 0 bridgehead atoms. The van der Waals surface area contributed by atoms with Gasteiger partial charge in [-0.25, -0.2) is 0 Å². The third-order valence-corrected chi connectivity index (χ3v) is 3.87. The molecule has 0 aliphatic heterocycles. The number of nitrogens with zero attached hydrogens (tertiary/aromatic N) is 1. The molecule has 1 atom stereocenters. The maximum absolute atomic E-state index is 12.1. The SMILES string of the molecule is COc1ccccc1-c1cc(NC(=O)C(C)OCC2CC2)n[nH]1. The second-order valence-corrected chi connectivity index (χ2v) is 5.78. The molecular formula is C17H21N3O3. The van der Waals surface area contributed by atoms with Gasteiger partial charge in [-0.2, -0.15) is 5.10 Å². The minimum atomic E-state index is -0.484. The second kappa shape index (κ2) is 6.83. The highest BCUT2D eigenvalue weighted by Crippen LogP contribution is 2.30. The second-order valence-electron chi connectivity index (χ2n) is 5.78. The minimum Gasteiger partial charge on any atom is -0.496 e. The molecule has 1 saturated carbocycles. The molecule has 1 aliphatic rings. The number of aromatic nitrogens is 2. The van der Waals surface area contributed by atoms with E-state index >= 15 is 0 Å². The van der Waals surface area contributed by atoms with Gasteiger partial charge in [0.05, 0.1) is 19.4 Å². The quantitative estimate of drug-likeness (QED) is 0.824. The fourth-order valence-corrected chi connectivity index (χ4v) is 2.26. The highest BCUT2D eigenvalue weighted by molar-refractivity contribution is 5.93. The smallest absolute Gasteiger partial charge is 0.254 e. The number of H-pyrrole nitrogens is 1. The number of aromatic amines is 1. The Hall–Kier alpha value is -2.34. The summed E-state index contributed by atoms with van der Waals surface area (Å²) in [6, 6.07) is 9.41. The summed E-state index contributed by atoms with van der Waals surface area (Å²) >= 11 is 0. The maximum atomic E-state index is 12.1. The molecule has 1 unspecified atom stereocenters. The third-order valence-electron chi connectivity index (χ3n) is 3.87. The van der Waals surface area contributed by atoms with Gasteiger partial charge in [0.1, 0.15) is 11.9 Å². The Morgan fingerprint density at radius 1 is 1.43 bits per heavy atom. The predicted octanol–water partition coefficient (Wildman–Crippen LogP) is 2.84. The Bertz CT molecular complexity index is 679. The van der Waals surface area contributed by atoms with Crippen LogP contribution in [-0.2, 0) is 9.53 Å². The lowest BCUT2D eigenvalue weighted by molar-refractivity contribution is -0.126. The van der Waals surface area contributed by atoms with E-state index in [4.69, 9.17) is 9.47 Å². The van der Waals surface area contributed by atoms with Crippen LogP contribution in [0.2, 0.25) is 0 Å². The Labute approximate surface area is 135 Å². The van der Waals surface area contributed by atoms with Crippen molar-refractivity contribution in [2.24, 2.45) is 5.92 Å². The van der Waals surface area contributed by atoms with E-state index in [-0.39, 0.29) is 5.91 Å². The van der Waals surface area contributed by atoms with Gasteiger partial charge < -0.3 is 14.8 Å². The van der Waals surface area contributed by atoms with Crippen LogP contribution < -0.4 is 10.1 Å². The first-order chi connectivity index (χ1) is 11.2. The fraction of sp³-hybridized carbons (Fsp3) is 0.412. The van der Waals surface area contributed by atoms with Crippen molar-refractivity contribution in [3.8, 4) is 17.0 Å². The predicted molar refractivity (Wildman–Crippen MR) is 87.3 cm³/mol. The van der Waals surface area contributed by atoms with Crippen LogP contribution in [-0.4, -0.2) is 35.9 Å². The van der Waals surface area contributed by atoms with Crippen molar-refractivity contribution < 1.29 is 14.3 Å². The largest absolute Gasteiger partial charge is 0.496 e. The third kappa shape index (κ3) is 3.90. The number of carbonyl (C=O) groups excluding carboxylic acids is 1. The summed E-state index contributed by atoms with van der Waals surface area (Å²) in [7, 11) is 1.62. The number of rotatable bonds is 7. The van der Waals surface area contributed by atoms with Crippen molar-refractivity contribution in [2.75, 3.05) is 19.0 Å². The molecule has 1 amide bonds. The number of ether oxygens (including phenoxy) is 2. The molecule has 6 nitrogen and oxygen atoms in total. The first kappa shape index (κ1) is 15.6. The molecule has 0 radical (unpaired) electrons. The molecule has 122 valence electrons. The molecular weight excluding hydrogens is 294 g/mol. The zero-order valence-electron chi connectivity index (χ0n) is 13.3. The summed E-state index contributed by atoms with van der Waals surface area (Å²) in [6.45, 7) is 2.41. The van der Waals surface area contributed by atoms with E-state index in [1.165, 1.54) is 12.8 Å². The molecule has 1 aromatic heterocycles. The Morgan fingerprint density at radius 3 is 2.96 bits per heavy atom. The summed E-state index contributed by atoms with van der Waals surface area (Å²) in [6.07, 6.45) is 1.92. The Balaban J connectivity index is 1.63. The molecule has 1 aliphatic carbocycles. The van der Waals surface area contributed by atoms with Crippen molar-refractivity contribution in [3.63, 3.8) is 0 Å². The van der Waals surface area contributed by atoms with E-state index in [0.29, 0.717) is 18.3 Å². The number of nitrogens with one attached hydrogen (secondary N) is 2. The van der Waals surface area contributed by atoms with Crippen LogP contribution in [0.5, 0.6) is 5.75 Å². The molecule has 3 rings (SSSR count). The van der Waals surface area contributed by atoms with Gasteiger partial charge in [-0.15, -0.1) is 0 Å². The van der Waals surface area contributed by atoms with Crippen molar-refractivity contribution in [3.05, 3.63) is 30.3 Å². The van der Waals surface area contributed by atoms with Crippen molar-refractivity contribution in [2.45, 2.75) is 25.9 Å². The van der Waals surface area contributed by atoms with Gasteiger partial charge in [0.25, 0.3) is 5.91 Å². The number of carbonyl (C=O) groups is 1. The molecule has 0 spiro atoms. The van der Waals surface area contributed by atoms with E-state index in [1.54, 1.807) is 20.1 Å². The zero-order chi connectivity index (χ0) is 16.2. The van der Waals surface area contributed by atoms with E-state index < -0.39 is 6.10 Å². The highest BCUT2D eigenvalue weighted by Gasteiger charge is 2.24. The first-order valence-electron chi connectivity index (χ1n) is 7.78. The van der Waals surface area contributed by atoms with E-state index in [9.17, 15) is 4.79 Å². The lowest BCUT2D eigenvalue weighted by Gasteiger charge is -2.11. The monoisotopic (exact) mass is 315 g/mol. The van der Waals surface area contributed by atoms with Crippen molar-refractivity contribution >= 4 is 11.7 Å². The van der Waals surface area contributed by atoms with Crippen LogP contribution in [0, 0.1) is 5.92 Å². The summed E-state index contributed by atoms with van der Waals surface area (Å²) in [5.74, 6) is 1.66. The summed E-state index contributed by atoms with van der Waals surface area (Å²) in [4.78, 5) is 12.1. The Kier molecular flexibility index (Phi) is 4.62. The molecule has 1 fully saturated rings. The number of amides is 1. The van der Waals surface area contributed by atoms with E-state index in [1.807, 2.05) is 24.3 Å². The minimum absolute atomic E-state index is 0.191. The lowest BCUT2D eigenvalue weighted by atomic mass is 10.1. The number of para-hydroxylation sites is 1.